The summed E-state index contributed by atoms with van der Waals surface area (Å²) in [5.41, 5.74) is 1.39. The third kappa shape index (κ3) is 1.15. The number of rotatable bonds is 1. The summed E-state index contributed by atoms with van der Waals surface area (Å²) in [6.45, 7) is 6.96. The van der Waals surface area contributed by atoms with Crippen LogP contribution in [0.4, 0.5) is 0 Å². The summed E-state index contributed by atoms with van der Waals surface area (Å²) in [6, 6.07) is 0. The van der Waals surface area contributed by atoms with Crippen molar-refractivity contribution < 1.29 is 0 Å². The minimum absolute atomic E-state index is 0.870. The Morgan fingerprint density at radius 3 is 2.12 bits per heavy atom. The summed E-state index contributed by atoms with van der Waals surface area (Å²) in [5, 5.41) is 0. The Balaban J connectivity index is 2.35. The van der Waals surface area contributed by atoms with Crippen LogP contribution in [-0.4, -0.2) is 6.71 Å². The maximum atomic E-state index is 3.94. The van der Waals surface area contributed by atoms with Crippen molar-refractivity contribution >= 4 is 6.71 Å². The summed E-state index contributed by atoms with van der Waals surface area (Å²) in [7, 11) is 0. The van der Waals surface area contributed by atoms with Gasteiger partial charge in [-0.05, 0) is 0 Å². The first-order chi connectivity index (χ1) is 3.80. The van der Waals surface area contributed by atoms with E-state index in [1.54, 1.807) is 0 Å². The van der Waals surface area contributed by atoms with E-state index in [1.165, 1.54) is 31.0 Å². The van der Waals surface area contributed by atoms with Crippen molar-refractivity contribution in [2.24, 2.45) is 0 Å². The van der Waals surface area contributed by atoms with E-state index in [4.69, 9.17) is 0 Å². The van der Waals surface area contributed by atoms with Gasteiger partial charge in [-0.25, -0.2) is 0 Å². The zero-order valence-corrected chi connectivity index (χ0v) is 5.61. The lowest BCUT2D eigenvalue weighted by Crippen LogP contribution is -2.05. The maximum absolute atomic E-state index is 3.94. The van der Waals surface area contributed by atoms with Gasteiger partial charge in [0.05, 0.1) is 0 Å². The summed E-state index contributed by atoms with van der Waals surface area (Å²) in [5.74, 6) is 0. The van der Waals surface area contributed by atoms with Crippen molar-refractivity contribution in [3.63, 3.8) is 0 Å². The zero-order chi connectivity index (χ0) is 5.98. The normalized spacial score (nSPS) is 19.4. The predicted octanol–water partition coefficient (Wildman–Crippen LogP) is 2.39. The fourth-order valence-corrected chi connectivity index (χ4v) is 1.42. The van der Waals surface area contributed by atoms with Gasteiger partial charge < -0.3 is 0 Å². The van der Waals surface area contributed by atoms with E-state index < -0.39 is 0 Å². The molecule has 0 saturated carbocycles. The molecule has 0 unspecified atom stereocenters. The molecular weight excluding hydrogens is 94.9 g/mol. The molecule has 1 heterocycles. The van der Waals surface area contributed by atoms with Crippen molar-refractivity contribution in [1.82, 2.24) is 0 Å². The largest absolute Gasteiger partial charge is 0.169 e. The quantitative estimate of drug-likeness (QED) is 0.452. The van der Waals surface area contributed by atoms with Crippen LogP contribution in [0.1, 0.15) is 19.8 Å². The molecule has 1 saturated heterocycles. The van der Waals surface area contributed by atoms with Gasteiger partial charge in [-0.15, -0.1) is 12.1 Å². The number of allylic oxidation sites excluding steroid dienone is 1. The lowest BCUT2D eigenvalue weighted by atomic mass is 9.44. The summed E-state index contributed by atoms with van der Waals surface area (Å²) >= 11 is 0. The van der Waals surface area contributed by atoms with Crippen LogP contribution in [0, 0.1) is 0 Å². The highest BCUT2D eigenvalue weighted by Gasteiger charge is 2.18. The van der Waals surface area contributed by atoms with E-state index >= 15 is 0 Å². The van der Waals surface area contributed by atoms with Crippen molar-refractivity contribution in [2.75, 3.05) is 0 Å². The van der Waals surface area contributed by atoms with E-state index in [0.29, 0.717) is 0 Å². The van der Waals surface area contributed by atoms with Crippen LogP contribution in [0.2, 0.25) is 12.6 Å². The second-order valence-corrected chi connectivity index (χ2v) is 2.83. The molecule has 0 aromatic carbocycles. The molecule has 1 aliphatic rings. The molecule has 8 heavy (non-hydrogen) atoms. The van der Waals surface area contributed by atoms with Crippen molar-refractivity contribution in [3.05, 3.63) is 12.1 Å². The smallest absolute Gasteiger partial charge is 0.111 e. The fraction of sp³-hybridized carbons (Fsp3) is 0.714. The molecule has 0 aromatic heterocycles. The molecule has 0 radical (unpaired) electrons. The van der Waals surface area contributed by atoms with Gasteiger partial charge in [-0.2, -0.15) is 0 Å². The lowest BCUT2D eigenvalue weighted by molar-refractivity contribution is 0.935. The van der Waals surface area contributed by atoms with Gasteiger partial charge in [0.15, 0.2) is 6.71 Å². The van der Waals surface area contributed by atoms with Gasteiger partial charge in [-0.1, -0.05) is 32.4 Å². The van der Waals surface area contributed by atoms with Crippen molar-refractivity contribution in [1.29, 1.82) is 0 Å². The highest BCUT2D eigenvalue weighted by atomic mass is 14.0. The summed E-state index contributed by atoms with van der Waals surface area (Å²) < 4.78 is 0. The van der Waals surface area contributed by atoms with Gasteiger partial charge in [0, 0.05) is 0 Å². The molecule has 44 valence electrons. The van der Waals surface area contributed by atoms with Crippen LogP contribution in [-0.2, 0) is 0 Å². The topological polar surface area (TPSA) is 0 Å². The van der Waals surface area contributed by atoms with E-state index in [1.807, 2.05) is 0 Å². The first-order valence-corrected chi connectivity index (χ1v) is 3.46. The first-order valence-electron chi connectivity index (χ1n) is 3.46. The standard InChI is InChI=1S/C7H13B/c1-7(2)8-5-3-4-6-8/h1,3-6H2,2H3. The monoisotopic (exact) mass is 108 g/mol. The molecule has 1 aliphatic heterocycles. The Bertz CT molecular complexity index is 90.6. The van der Waals surface area contributed by atoms with Crippen LogP contribution in [0.25, 0.3) is 0 Å². The number of hydrogen-bond acceptors (Lipinski definition) is 0. The van der Waals surface area contributed by atoms with Crippen LogP contribution in [0.3, 0.4) is 0 Å². The molecule has 1 fully saturated rings. The molecule has 0 aromatic rings. The molecule has 1 rings (SSSR count). The predicted molar refractivity (Wildman–Crippen MR) is 39.4 cm³/mol. The Morgan fingerprint density at radius 2 is 1.88 bits per heavy atom. The molecule has 1 heteroatoms. The average molecular weight is 108 g/mol. The average Bonchev–Trinajstić information content (AvgIpc) is 2.12. The van der Waals surface area contributed by atoms with E-state index in [0.717, 1.165) is 6.71 Å². The molecule has 0 spiro atoms. The lowest BCUT2D eigenvalue weighted by Gasteiger charge is -2.00. The van der Waals surface area contributed by atoms with Crippen molar-refractivity contribution in [2.45, 2.75) is 32.4 Å². The minimum Gasteiger partial charge on any atom is -0.111 e. The van der Waals surface area contributed by atoms with E-state index in [9.17, 15) is 0 Å². The van der Waals surface area contributed by atoms with Crippen molar-refractivity contribution in [3.8, 4) is 0 Å². The highest BCUT2D eigenvalue weighted by Crippen LogP contribution is 2.22. The third-order valence-electron chi connectivity index (χ3n) is 2.05. The van der Waals surface area contributed by atoms with Crippen LogP contribution < -0.4 is 0 Å². The van der Waals surface area contributed by atoms with E-state index in [2.05, 4.69) is 13.5 Å². The van der Waals surface area contributed by atoms with E-state index in [-0.39, 0.29) is 0 Å². The minimum atomic E-state index is 0.870. The molecule has 0 aliphatic carbocycles. The van der Waals surface area contributed by atoms with Gasteiger partial charge in [0.2, 0.25) is 0 Å². The Morgan fingerprint density at radius 1 is 1.38 bits per heavy atom. The second kappa shape index (κ2) is 2.39. The van der Waals surface area contributed by atoms with Crippen LogP contribution in [0.5, 0.6) is 0 Å². The SMILES string of the molecule is C=C(C)B1CCCC1. The summed E-state index contributed by atoms with van der Waals surface area (Å²) in [6.07, 6.45) is 5.65. The van der Waals surface area contributed by atoms with Gasteiger partial charge >= 0.3 is 0 Å². The fourth-order valence-electron chi connectivity index (χ4n) is 1.42. The van der Waals surface area contributed by atoms with Gasteiger partial charge in [0.1, 0.15) is 0 Å². The Hall–Kier alpha value is -0.195. The Labute approximate surface area is 52.1 Å². The van der Waals surface area contributed by atoms with Gasteiger partial charge in [-0.3, -0.25) is 0 Å². The van der Waals surface area contributed by atoms with Gasteiger partial charge in [0.25, 0.3) is 0 Å². The van der Waals surface area contributed by atoms with Crippen LogP contribution >= 0.6 is 0 Å². The second-order valence-electron chi connectivity index (χ2n) is 2.83. The molecule has 0 amide bonds. The first kappa shape index (κ1) is 5.93. The molecule has 0 bridgehead atoms. The summed E-state index contributed by atoms with van der Waals surface area (Å²) in [4.78, 5) is 0. The molecule has 0 atom stereocenters. The highest BCUT2D eigenvalue weighted by molar-refractivity contribution is 6.67. The molecule has 0 nitrogen and oxygen atoms in total. The molecule has 0 N–H and O–H groups in total. The number of hydrogen-bond donors (Lipinski definition) is 0. The van der Waals surface area contributed by atoms with Crippen LogP contribution in [0.15, 0.2) is 12.1 Å². The molecular formula is C7H13B. The Kier molecular flexibility index (Phi) is 1.77. The maximum Gasteiger partial charge on any atom is 0.169 e. The third-order valence-corrected chi connectivity index (χ3v) is 2.05. The zero-order valence-electron chi connectivity index (χ0n) is 5.61.